The number of likely N-dealkylation sites (tertiary alicyclic amines) is 1. The molecule has 3 rings (SSSR count). The molecule has 0 aliphatic carbocycles. The van der Waals surface area contributed by atoms with Crippen molar-refractivity contribution in [2.75, 3.05) is 27.2 Å². The highest BCUT2D eigenvalue weighted by Crippen LogP contribution is 2.26. The summed E-state index contributed by atoms with van der Waals surface area (Å²) in [6.45, 7) is 5.39. The molecule has 1 aliphatic rings. The number of benzene rings is 1. The first-order valence-corrected chi connectivity index (χ1v) is 8.84. The van der Waals surface area contributed by atoms with Gasteiger partial charge in [-0.1, -0.05) is 13.8 Å². The Balaban J connectivity index is 1.79. The Morgan fingerprint density at radius 2 is 1.85 bits per heavy atom. The minimum absolute atomic E-state index is 0.0372. The summed E-state index contributed by atoms with van der Waals surface area (Å²) in [5.74, 6) is 0.552. The lowest BCUT2D eigenvalue weighted by molar-refractivity contribution is 0.0782. The summed E-state index contributed by atoms with van der Waals surface area (Å²) in [5.41, 5.74) is 2.07. The average molecular weight is 355 g/mol. The largest absolute Gasteiger partial charge is 0.336 e. The van der Waals surface area contributed by atoms with Crippen LogP contribution < -0.4 is 5.32 Å². The number of hydrogen-bond acceptors (Lipinski definition) is 4. The molecule has 3 amide bonds. The zero-order chi connectivity index (χ0) is 18.8. The summed E-state index contributed by atoms with van der Waals surface area (Å²) >= 11 is 0. The summed E-state index contributed by atoms with van der Waals surface area (Å²) in [5, 5.41) is 3.05. The Kier molecular flexibility index (Phi) is 5.06. The van der Waals surface area contributed by atoms with Crippen molar-refractivity contribution in [3.63, 3.8) is 0 Å². The Labute approximate surface area is 153 Å². The maximum Gasteiger partial charge on any atom is 0.317 e. The number of nitrogens with one attached hydrogen (secondary N) is 1. The first kappa shape index (κ1) is 18.1. The highest BCUT2D eigenvalue weighted by atomic mass is 16.2. The van der Waals surface area contributed by atoms with Crippen molar-refractivity contribution >= 4 is 23.0 Å². The van der Waals surface area contributed by atoms with Gasteiger partial charge < -0.3 is 15.1 Å². The number of aromatic nitrogens is 2. The molecule has 7 heteroatoms. The number of amides is 3. The molecule has 2 heterocycles. The van der Waals surface area contributed by atoms with Gasteiger partial charge in [-0.3, -0.25) is 14.8 Å². The van der Waals surface area contributed by atoms with Crippen LogP contribution in [0, 0.1) is 11.8 Å². The molecule has 1 saturated heterocycles. The van der Waals surface area contributed by atoms with E-state index in [0.717, 1.165) is 5.52 Å². The maximum absolute atomic E-state index is 13.0. The van der Waals surface area contributed by atoms with Crippen LogP contribution in [0.3, 0.4) is 0 Å². The molecule has 1 aliphatic heterocycles. The van der Waals surface area contributed by atoms with Crippen molar-refractivity contribution in [3.05, 3.63) is 36.2 Å². The molecule has 0 radical (unpaired) electrons. The third kappa shape index (κ3) is 3.61. The van der Waals surface area contributed by atoms with Gasteiger partial charge in [-0.05, 0) is 24.1 Å². The molecule has 0 unspecified atom stereocenters. The van der Waals surface area contributed by atoms with Gasteiger partial charge in [0, 0.05) is 51.1 Å². The molecule has 2 atom stereocenters. The minimum atomic E-state index is -0.129. The normalized spacial score (nSPS) is 19.8. The van der Waals surface area contributed by atoms with E-state index in [9.17, 15) is 9.59 Å². The van der Waals surface area contributed by atoms with Crippen LogP contribution >= 0.6 is 0 Å². The topological polar surface area (TPSA) is 78.4 Å². The van der Waals surface area contributed by atoms with Crippen molar-refractivity contribution in [2.45, 2.75) is 19.9 Å². The van der Waals surface area contributed by atoms with Gasteiger partial charge in [0.15, 0.2) is 0 Å². The van der Waals surface area contributed by atoms with Crippen LogP contribution in [0.2, 0.25) is 0 Å². The van der Waals surface area contributed by atoms with Gasteiger partial charge in [0.25, 0.3) is 5.91 Å². The van der Waals surface area contributed by atoms with E-state index in [1.165, 1.54) is 4.90 Å². The standard InChI is InChI=1S/C19H25N5O2/c1-12(2)14-10-24(11-17(14)22-19(26)23(3)4)18(25)13-5-6-15-16(9-13)21-8-7-20-15/h5-9,12,14,17H,10-11H2,1-4H3,(H,22,26)/t14-,17+/m0/s1. The summed E-state index contributed by atoms with van der Waals surface area (Å²) in [6.07, 6.45) is 3.25. The molecular formula is C19H25N5O2. The van der Waals surface area contributed by atoms with Crippen LogP contribution in [0.1, 0.15) is 24.2 Å². The van der Waals surface area contributed by atoms with Crippen LogP contribution in [-0.2, 0) is 0 Å². The highest BCUT2D eigenvalue weighted by Gasteiger charge is 2.38. The van der Waals surface area contributed by atoms with Gasteiger partial charge in [-0.2, -0.15) is 0 Å². The molecular weight excluding hydrogens is 330 g/mol. The summed E-state index contributed by atoms with van der Waals surface area (Å²) in [6, 6.07) is 5.21. The molecule has 0 saturated carbocycles. The second kappa shape index (κ2) is 7.27. The molecule has 2 aromatic rings. The Morgan fingerprint density at radius 1 is 1.15 bits per heavy atom. The fourth-order valence-electron chi connectivity index (χ4n) is 3.39. The number of nitrogens with zero attached hydrogens (tertiary/aromatic N) is 4. The predicted octanol–water partition coefficient (Wildman–Crippen LogP) is 2.00. The number of carbonyl (C=O) groups is 2. The number of carbonyl (C=O) groups excluding carboxylic acids is 2. The number of fused-ring (bicyclic) bond motifs is 1. The monoisotopic (exact) mass is 355 g/mol. The zero-order valence-corrected chi connectivity index (χ0v) is 15.6. The van der Waals surface area contributed by atoms with Crippen LogP contribution in [-0.4, -0.2) is 64.9 Å². The Morgan fingerprint density at radius 3 is 2.50 bits per heavy atom. The van der Waals surface area contributed by atoms with Gasteiger partial charge in [-0.25, -0.2) is 4.79 Å². The van der Waals surface area contributed by atoms with Crippen molar-refractivity contribution in [1.82, 2.24) is 25.1 Å². The lowest BCUT2D eigenvalue weighted by Gasteiger charge is -2.24. The molecule has 0 spiro atoms. The minimum Gasteiger partial charge on any atom is -0.336 e. The van der Waals surface area contributed by atoms with E-state index >= 15 is 0 Å². The van der Waals surface area contributed by atoms with Crippen molar-refractivity contribution in [1.29, 1.82) is 0 Å². The molecule has 138 valence electrons. The van der Waals surface area contributed by atoms with Gasteiger partial charge in [0.05, 0.1) is 17.1 Å². The first-order valence-electron chi connectivity index (χ1n) is 8.84. The third-order valence-electron chi connectivity index (χ3n) is 4.94. The van der Waals surface area contributed by atoms with Crippen molar-refractivity contribution < 1.29 is 9.59 Å². The van der Waals surface area contributed by atoms with E-state index in [1.54, 1.807) is 38.6 Å². The fourth-order valence-corrected chi connectivity index (χ4v) is 3.39. The fraction of sp³-hybridized carbons (Fsp3) is 0.474. The second-order valence-electron chi connectivity index (χ2n) is 7.33. The van der Waals surface area contributed by atoms with Crippen LogP contribution in [0.15, 0.2) is 30.6 Å². The predicted molar refractivity (Wildman–Crippen MR) is 99.8 cm³/mol. The molecule has 1 N–H and O–H groups in total. The number of hydrogen-bond donors (Lipinski definition) is 1. The van der Waals surface area contributed by atoms with Gasteiger partial charge in [0.1, 0.15) is 0 Å². The van der Waals surface area contributed by atoms with Crippen LogP contribution in [0.4, 0.5) is 4.79 Å². The molecule has 1 fully saturated rings. The molecule has 0 bridgehead atoms. The molecule has 26 heavy (non-hydrogen) atoms. The lowest BCUT2D eigenvalue weighted by Crippen LogP contribution is -2.46. The summed E-state index contributed by atoms with van der Waals surface area (Å²) in [4.78, 5) is 36.9. The summed E-state index contributed by atoms with van der Waals surface area (Å²) in [7, 11) is 3.43. The number of rotatable bonds is 3. The summed E-state index contributed by atoms with van der Waals surface area (Å²) < 4.78 is 0. The highest BCUT2D eigenvalue weighted by molar-refractivity contribution is 5.97. The Hall–Kier alpha value is -2.70. The quantitative estimate of drug-likeness (QED) is 0.913. The van der Waals surface area contributed by atoms with E-state index in [-0.39, 0.29) is 23.9 Å². The van der Waals surface area contributed by atoms with E-state index in [0.29, 0.717) is 30.1 Å². The Bertz CT molecular complexity index is 820. The smallest absolute Gasteiger partial charge is 0.317 e. The molecule has 1 aromatic heterocycles. The van der Waals surface area contributed by atoms with Crippen LogP contribution in [0.5, 0.6) is 0 Å². The van der Waals surface area contributed by atoms with Crippen molar-refractivity contribution in [3.8, 4) is 0 Å². The van der Waals surface area contributed by atoms with Gasteiger partial charge >= 0.3 is 6.03 Å². The van der Waals surface area contributed by atoms with Gasteiger partial charge in [0.2, 0.25) is 0 Å². The molecule has 7 nitrogen and oxygen atoms in total. The van der Waals surface area contributed by atoms with E-state index in [2.05, 4.69) is 29.1 Å². The molecule has 1 aromatic carbocycles. The lowest BCUT2D eigenvalue weighted by atomic mass is 9.91. The number of urea groups is 1. The first-order chi connectivity index (χ1) is 12.4. The van der Waals surface area contributed by atoms with E-state index < -0.39 is 0 Å². The van der Waals surface area contributed by atoms with E-state index in [4.69, 9.17) is 0 Å². The van der Waals surface area contributed by atoms with Crippen LogP contribution in [0.25, 0.3) is 11.0 Å². The SMILES string of the molecule is CC(C)[C@@H]1CN(C(=O)c2ccc3nccnc3c2)C[C@H]1NC(=O)N(C)C. The second-order valence-corrected chi connectivity index (χ2v) is 7.33. The zero-order valence-electron chi connectivity index (χ0n) is 15.6. The third-order valence-corrected chi connectivity index (χ3v) is 4.94. The van der Waals surface area contributed by atoms with E-state index in [1.807, 2.05) is 11.0 Å². The van der Waals surface area contributed by atoms with Gasteiger partial charge in [-0.15, -0.1) is 0 Å². The average Bonchev–Trinajstić information content (AvgIpc) is 3.04. The van der Waals surface area contributed by atoms with Crippen molar-refractivity contribution in [2.24, 2.45) is 11.8 Å². The maximum atomic E-state index is 13.0.